The molecule has 0 unspecified atom stereocenters. The van der Waals surface area contributed by atoms with Crippen molar-refractivity contribution in [2.75, 3.05) is 11.8 Å². The standard InChI is InChI=1S/C13H11FN2O6S/c1-22-13-5-2-8(6-12(13)17)15-23(20,21)9-3-4-10(14)11(7-9)16(18)19/h2-7,15,17H,1H3. The zero-order valence-electron chi connectivity index (χ0n) is 11.7. The van der Waals surface area contributed by atoms with E-state index in [1.807, 2.05) is 0 Å². The predicted octanol–water partition coefficient (Wildman–Crippen LogP) is 2.25. The Morgan fingerprint density at radius 2 is 1.96 bits per heavy atom. The Morgan fingerprint density at radius 1 is 1.26 bits per heavy atom. The molecule has 0 amide bonds. The lowest BCUT2D eigenvalue weighted by Gasteiger charge is -2.10. The maximum atomic E-state index is 13.3. The van der Waals surface area contributed by atoms with Gasteiger partial charge in [0.1, 0.15) is 0 Å². The van der Waals surface area contributed by atoms with E-state index in [1.165, 1.54) is 19.2 Å². The molecule has 2 aromatic rings. The van der Waals surface area contributed by atoms with E-state index in [4.69, 9.17) is 4.74 Å². The number of ether oxygens (including phenoxy) is 1. The maximum Gasteiger partial charge on any atom is 0.306 e. The molecule has 0 aliphatic carbocycles. The van der Waals surface area contributed by atoms with E-state index in [1.54, 1.807) is 0 Å². The van der Waals surface area contributed by atoms with Crippen molar-refractivity contribution in [1.82, 2.24) is 0 Å². The van der Waals surface area contributed by atoms with E-state index in [9.17, 15) is 28.0 Å². The Kier molecular flexibility index (Phi) is 4.36. The van der Waals surface area contributed by atoms with Gasteiger partial charge in [0.25, 0.3) is 10.0 Å². The summed E-state index contributed by atoms with van der Waals surface area (Å²) in [5.74, 6) is -1.29. The molecule has 122 valence electrons. The summed E-state index contributed by atoms with van der Waals surface area (Å²) in [5.41, 5.74) is -0.944. The first kappa shape index (κ1) is 16.5. The number of nitro groups is 1. The van der Waals surface area contributed by atoms with Gasteiger partial charge in [0.05, 0.1) is 22.6 Å². The predicted molar refractivity (Wildman–Crippen MR) is 78.5 cm³/mol. The number of nitrogens with one attached hydrogen (secondary N) is 1. The minimum absolute atomic E-state index is 0.00952. The van der Waals surface area contributed by atoms with Crippen molar-refractivity contribution in [2.24, 2.45) is 0 Å². The van der Waals surface area contributed by atoms with E-state index < -0.39 is 31.3 Å². The highest BCUT2D eigenvalue weighted by atomic mass is 32.2. The number of hydrogen-bond donors (Lipinski definition) is 2. The summed E-state index contributed by atoms with van der Waals surface area (Å²) in [6.07, 6.45) is 0. The fraction of sp³-hybridized carbons (Fsp3) is 0.0769. The minimum Gasteiger partial charge on any atom is -0.504 e. The Bertz CT molecular complexity index is 869. The second kappa shape index (κ2) is 6.08. The number of phenolic OH excluding ortho intramolecular Hbond substituents is 1. The molecule has 2 N–H and O–H groups in total. The van der Waals surface area contributed by atoms with Gasteiger partial charge in [-0.15, -0.1) is 0 Å². The van der Waals surface area contributed by atoms with Crippen LogP contribution >= 0.6 is 0 Å². The number of halogens is 1. The van der Waals surface area contributed by atoms with Gasteiger partial charge >= 0.3 is 5.69 Å². The van der Waals surface area contributed by atoms with Crippen molar-refractivity contribution in [1.29, 1.82) is 0 Å². The molecule has 0 saturated carbocycles. The van der Waals surface area contributed by atoms with Crippen LogP contribution in [0.5, 0.6) is 11.5 Å². The zero-order valence-corrected chi connectivity index (χ0v) is 12.5. The molecule has 0 radical (unpaired) electrons. The molecule has 0 heterocycles. The third-order valence-electron chi connectivity index (χ3n) is 2.86. The Morgan fingerprint density at radius 3 is 2.52 bits per heavy atom. The number of anilines is 1. The van der Waals surface area contributed by atoms with Crippen LogP contribution in [-0.2, 0) is 10.0 Å². The van der Waals surface area contributed by atoms with Gasteiger partial charge in [0.2, 0.25) is 5.82 Å². The molecule has 2 rings (SSSR count). The topological polar surface area (TPSA) is 119 Å². The number of nitro benzene ring substituents is 1. The fourth-order valence-corrected chi connectivity index (χ4v) is 2.84. The Labute approximate surface area is 130 Å². The minimum atomic E-state index is -4.20. The molecule has 0 atom stereocenters. The van der Waals surface area contributed by atoms with E-state index in [0.29, 0.717) is 12.1 Å². The molecule has 10 heteroatoms. The first-order valence-electron chi connectivity index (χ1n) is 6.08. The van der Waals surface area contributed by atoms with Gasteiger partial charge < -0.3 is 9.84 Å². The number of benzene rings is 2. The van der Waals surface area contributed by atoms with Crippen LogP contribution in [0.4, 0.5) is 15.8 Å². The van der Waals surface area contributed by atoms with Crippen molar-refractivity contribution >= 4 is 21.4 Å². The van der Waals surface area contributed by atoms with Crippen LogP contribution in [0.1, 0.15) is 0 Å². The number of methoxy groups -OCH3 is 1. The van der Waals surface area contributed by atoms with Crippen molar-refractivity contribution in [2.45, 2.75) is 4.90 Å². The molecule has 0 bridgehead atoms. The van der Waals surface area contributed by atoms with Crippen LogP contribution in [0, 0.1) is 15.9 Å². The highest BCUT2D eigenvalue weighted by Crippen LogP contribution is 2.30. The van der Waals surface area contributed by atoms with Crippen LogP contribution in [-0.4, -0.2) is 25.6 Å². The van der Waals surface area contributed by atoms with E-state index in [-0.39, 0.29) is 17.2 Å². The van der Waals surface area contributed by atoms with E-state index >= 15 is 0 Å². The molecule has 0 saturated heterocycles. The van der Waals surface area contributed by atoms with E-state index in [0.717, 1.165) is 12.1 Å². The Balaban J connectivity index is 2.37. The van der Waals surface area contributed by atoms with Gasteiger partial charge in [-0.1, -0.05) is 0 Å². The highest BCUT2D eigenvalue weighted by Gasteiger charge is 2.22. The summed E-state index contributed by atoms with van der Waals surface area (Å²) >= 11 is 0. The van der Waals surface area contributed by atoms with Crippen molar-refractivity contribution < 1.29 is 27.6 Å². The van der Waals surface area contributed by atoms with Crippen LogP contribution in [0.15, 0.2) is 41.3 Å². The molecule has 0 aliphatic rings. The summed E-state index contributed by atoms with van der Waals surface area (Å²) in [4.78, 5) is 9.17. The SMILES string of the molecule is COc1ccc(NS(=O)(=O)c2ccc(F)c([N+](=O)[O-])c2)cc1O. The molecule has 23 heavy (non-hydrogen) atoms. The quantitative estimate of drug-likeness (QED) is 0.635. The maximum absolute atomic E-state index is 13.3. The molecule has 0 spiro atoms. The van der Waals surface area contributed by atoms with Gasteiger partial charge in [-0.3, -0.25) is 14.8 Å². The number of phenols is 1. The van der Waals surface area contributed by atoms with Crippen LogP contribution in [0.3, 0.4) is 0 Å². The number of hydrogen-bond acceptors (Lipinski definition) is 6. The third kappa shape index (κ3) is 3.48. The average Bonchev–Trinajstić information content (AvgIpc) is 2.47. The molecule has 2 aromatic carbocycles. The number of nitrogens with zero attached hydrogens (tertiary/aromatic N) is 1. The van der Waals surface area contributed by atoms with Crippen LogP contribution < -0.4 is 9.46 Å². The van der Waals surface area contributed by atoms with Crippen molar-refractivity contribution in [3.05, 3.63) is 52.3 Å². The van der Waals surface area contributed by atoms with Crippen molar-refractivity contribution in [3.8, 4) is 11.5 Å². The second-order valence-corrected chi connectivity index (χ2v) is 6.04. The highest BCUT2D eigenvalue weighted by molar-refractivity contribution is 7.92. The van der Waals surface area contributed by atoms with Crippen LogP contribution in [0.25, 0.3) is 0 Å². The average molecular weight is 342 g/mol. The van der Waals surface area contributed by atoms with Gasteiger partial charge in [-0.2, -0.15) is 4.39 Å². The van der Waals surface area contributed by atoms with Gasteiger partial charge in [-0.05, 0) is 24.3 Å². The molecule has 8 nitrogen and oxygen atoms in total. The lowest BCUT2D eigenvalue weighted by molar-refractivity contribution is -0.387. The summed E-state index contributed by atoms with van der Waals surface area (Å²) in [7, 11) is -2.87. The normalized spacial score (nSPS) is 11.0. The summed E-state index contributed by atoms with van der Waals surface area (Å²) in [6, 6.07) is 5.97. The zero-order chi connectivity index (χ0) is 17.2. The van der Waals surface area contributed by atoms with E-state index in [2.05, 4.69) is 4.72 Å². The number of aromatic hydroxyl groups is 1. The van der Waals surface area contributed by atoms with Gasteiger partial charge in [0.15, 0.2) is 11.5 Å². The molecular formula is C13H11FN2O6S. The van der Waals surface area contributed by atoms with Crippen molar-refractivity contribution in [3.63, 3.8) is 0 Å². The largest absolute Gasteiger partial charge is 0.504 e. The summed E-state index contributed by atoms with van der Waals surface area (Å²) in [6.45, 7) is 0. The first-order chi connectivity index (χ1) is 10.7. The lowest BCUT2D eigenvalue weighted by Crippen LogP contribution is -2.13. The molecule has 0 fully saturated rings. The fourth-order valence-electron chi connectivity index (χ4n) is 1.77. The summed E-state index contributed by atoms with van der Waals surface area (Å²) in [5, 5.41) is 20.3. The number of sulfonamides is 1. The Hall–Kier alpha value is -2.88. The summed E-state index contributed by atoms with van der Waals surface area (Å²) < 4.78 is 44.6. The third-order valence-corrected chi connectivity index (χ3v) is 4.23. The van der Waals surface area contributed by atoms with Crippen LogP contribution in [0.2, 0.25) is 0 Å². The smallest absolute Gasteiger partial charge is 0.306 e. The molecular weight excluding hydrogens is 331 g/mol. The molecule has 0 aromatic heterocycles. The van der Waals surface area contributed by atoms with Gasteiger partial charge in [-0.25, -0.2) is 8.42 Å². The van der Waals surface area contributed by atoms with Gasteiger partial charge in [0, 0.05) is 12.1 Å². The monoisotopic (exact) mass is 342 g/mol. The second-order valence-electron chi connectivity index (χ2n) is 4.36. The lowest BCUT2D eigenvalue weighted by atomic mass is 10.3. The first-order valence-corrected chi connectivity index (χ1v) is 7.56. The molecule has 0 aliphatic heterocycles. The number of rotatable bonds is 5.